The molecular weight excluding hydrogens is 344 g/mol. The van der Waals surface area contributed by atoms with Crippen LogP contribution in [-0.4, -0.2) is 44.0 Å². The molecule has 3 N–H and O–H groups in total. The Kier molecular flexibility index (Phi) is 3.47. The van der Waals surface area contributed by atoms with Crippen molar-refractivity contribution in [3.8, 4) is 5.69 Å². The molecule has 1 fully saturated rings. The van der Waals surface area contributed by atoms with Crippen LogP contribution in [0.4, 0.5) is 10.5 Å². The molecule has 2 heterocycles. The Bertz CT molecular complexity index is 902. The van der Waals surface area contributed by atoms with Gasteiger partial charge < -0.3 is 15.7 Å². The van der Waals surface area contributed by atoms with Crippen LogP contribution in [-0.2, 0) is 12.0 Å². The van der Waals surface area contributed by atoms with Gasteiger partial charge >= 0.3 is 6.09 Å². The lowest BCUT2D eigenvalue weighted by Gasteiger charge is -2.38. The second-order valence-corrected chi connectivity index (χ2v) is 6.95. The average Bonchev–Trinajstić information content (AvgIpc) is 3.07. The standard InChI is InChI=1S/C16H17ClN6O2/c1-22(15(24)25)7-9-8-23(21-20-9)13-6-12-10(5-11(13)17)16(3-2-4-16)14(18)19-12/h5-6,8H,2-4,7H2,1H3,(H2,18,19)(H,24,25). The highest BCUT2D eigenvalue weighted by atomic mass is 35.5. The molecule has 0 unspecified atom stereocenters. The predicted molar refractivity (Wildman–Crippen MR) is 92.7 cm³/mol. The number of nitrogens with zero attached hydrogens (tertiary/aromatic N) is 5. The Balaban J connectivity index is 1.68. The maximum atomic E-state index is 10.9. The highest BCUT2D eigenvalue weighted by Gasteiger charge is 2.47. The molecule has 8 nitrogen and oxygen atoms in total. The first-order valence-corrected chi connectivity index (χ1v) is 8.33. The number of aliphatic imine (C=N–C) groups is 1. The minimum absolute atomic E-state index is 0.144. The zero-order valence-electron chi connectivity index (χ0n) is 13.6. The van der Waals surface area contributed by atoms with E-state index < -0.39 is 6.09 Å². The summed E-state index contributed by atoms with van der Waals surface area (Å²) < 4.78 is 1.53. The van der Waals surface area contributed by atoms with Gasteiger partial charge in [-0.25, -0.2) is 14.5 Å². The van der Waals surface area contributed by atoms with E-state index in [1.54, 1.807) is 6.20 Å². The van der Waals surface area contributed by atoms with E-state index in [0.717, 1.165) is 35.4 Å². The molecule has 2 aromatic rings. The summed E-state index contributed by atoms with van der Waals surface area (Å²) in [5.74, 6) is 0.657. The van der Waals surface area contributed by atoms with Crippen molar-refractivity contribution in [2.45, 2.75) is 31.2 Å². The van der Waals surface area contributed by atoms with Crippen LogP contribution >= 0.6 is 11.6 Å². The molecule has 9 heteroatoms. The number of carbonyl (C=O) groups is 1. The number of amides is 1. The third kappa shape index (κ3) is 2.36. The van der Waals surface area contributed by atoms with Crippen molar-refractivity contribution < 1.29 is 9.90 Å². The van der Waals surface area contributed by atoms with Gasteiger partial charge in [-0.15, -0.1) is 5.10 Å². The average molecular weight is 361 g/mol. The van der Waals surface area contributed by atoms with Crippen molar-refractivity contribution in [2.75, 3.05) is 7.05 Å². The Labute approximate surface area is 148 Å². The summed E-state index contributed by atoms with van der Waals surface area (Å²) >= 11 is 6.48. The molecule has 1 aliphatic heterocycles. The molecule has 1 aromatic carbocycles. The molecule has 0 saturated heterocycles. The number of hydrogen-bond acceptors (Lipinski definition) is 5. The van der Waals surface area contributed by atoms with Crippen LogP contribution in [0.25, 0.3) is 5.69 Å². The third-order valence-corrected chi connectivity index (χ3v) is 5.34. The zero-order valence-corrected chi connectivity index (χ0v) is 14.4. The number of benzene rings is 1. The monoisotopic (exact) mass is 360 g/mol. The summed E-state index contributed by atoms with van der Waals surface area (Å²) in [5, 5.41) is 17.5. The Morgan fingerprint density at radius 3 is 2.88 bits per heavy atom. The number of rotatable bonds is 3. The summed E-state index contributed by atoms with van der Waals surface area (Å²) in [6.07, 6.45) is 3.77. The van der Waals surface area contributed by atoms with Gasteiger partial charge in [0.25, 0.3) is 0 Å². The lowest BCUT2D eigenvalue weighted by atomic mass is 9.64. The van der Waals surface area contributed by atoms with E-state index in [4.69, 9.17) is 22.4 Å². The molecule has 2 aliphatic rings. The van der Waals surface area contributed by atoms with Crippen LogP contribution in [0.3, 0.4) is 0 Å². The Hall–Kier alpha value is -2.61. The van der Waals surface area contributed by atoms with E-state index in [9.17, 15) is 4.79 Å². The first kappa shape index (κ1) is 15.9. The van der Waals surface area contributed by atoms with Gasteiger partial charge in [0, 0.05) is 7.05 Å². The van der Waals surface area contributed by atoms with Gasteiger partial charge in [-0.2, -0.15) is 0 Å². The quantitative estimate of drug-likeness (QED) is 0.873. The fraction of sp³-hybridized carbons (Fsp3) is 0.375. The Morgan fingerprint density at radius 1 is 1.48 bits per heavy atom. The SMILES string of the molecule is CN(Cc1cn(-c2cc3c(cc2Cl)C2(CCC2)C(N)=N3)nn1)C(=O)O. The van der Waals surface area contributed by atoms with Crippen molar-refractivity contribution in [1.82, 2.24) is 19.9 Å². The summed E-state index contributed by atoms with van der Waals surface area (Å²) in [5.41, 5.74) is 9.09. The Morgan fingerprint density at radius 2 is 2.24 bits per heavy atom. The van der Waals surface area contributed by atoms with Crippen LogP contribution in [0.1, 0.15) is 30.5 Å². The second kappa shape index (κ2) is 5.45. The normalized spacial score (nSPS) is 17.1. The summed E-state index contributed by atoms with van der Waals surface area (Å²) in [6, 6.07) is 3.77. The maximum absolute atomic E-state index is 10.9. The smallest absolute Gasteiger partial charge is 0.407 e. The molecule has 25 heavy (non-hydrogen) atoms. The van der Waals surface area contributed by atoms with Crippen LogP contribution in [0.5, 0.6) is 0 Å². The number of carboxylic acid groups (broad SMARTS) is 1. The fourth-order valence-electron chi connectivity index (χ4n) is 3.43. The minimum atomic E-state index is -1.03. The summed E-state index contributed by atoms with van der Waals surface area (Å²) in [6.45, 7) is 0.145. The highest BCUT2D eigenvalue weighted by Crippen LogP contribution is 2.52. The van der Waals surface area contributed by atoms with Gasteiger partial charge in [0.2, 0.25) is 0 Å². The third-order valence-electron chi connectivity index (χ3n) is 5.03. The maximum Gasteiger partial charge on any atom is 0.407 e. The molecule has 130 valence electrons. The van der Waals surface area contributed by atoms with E-state index in [1.165, 1.54) is 11.7 Å². The van der Waals surface area contributed by atoms with Gasteiger partial charge in [0.1, 0.15) is 11.5 Å². The van der Waals surface area contributed by atoms with Gasteiger partial charge in [-0.05, 0) is 30.5 Å². The predicted octanol–water partition coefficient (Wildman–Crippen LogP) is 2.45. The van der Waals surface area contributed by atoms with E-state index in [-0.39, 0.29) is 12.0 Å². The molecule has 1 aliphatic carbocycles. The molecule has 0 atom stereocenters. The summed E-state index contributed by atoms with van der Waals surface area (Å²) in [4.78, 5) is 16.6. The van der Waals surface area contributed by atoms with E-state index >= 15 is 0 Å². The van der Waals surface area contributed by atoms with Crippen LogP contribution < -0.4 is 5.73 Å². The second-order valence-electron chi connectivity index (χ2n) is 6.55. The number of fused-ring (bicyclic) bond motifs is 2. The number of halogens is 1. The number of hydrogen-bond donors (Lipinski definition) is 2. The van der Waals surface area contributed by atoms with Crippen molar-refractivity contribution in [2.24, 2.45) is 10.7 Å². The number of amidine groups is 1. The first-order valence-electron chi connectivity index (χ1n) is 7.95. The lowest BCUT2D eigenvalue weighted by molar-refractivity contribution is 0.153. The molecular formula is C16H17ClN6O2. The van der Waals surface area contributed by atoms with Gasteiger partial charge in [0.05, 0.1) is 34.6 Å². The van der Waals surface area contributed by atoms with E-state index in [2.05, 4.69) is 15.3 Å². The first-order chi connectivity index (χ1) is 11.9. The molecule has 1 saturated carbocycles. The topological polar surface area (TPSA) is 110 Å². The van der Waals surface area contributed by atoms with Crippen LogP contribution in [0.15, 0.2) is 23.3 Å². The fourth-order valence-corrected chi connectivity index (χ4v) is 3.68. The van der Waals surface area contributed by atoms with E-state index in [0.29, 0.717) is 22.2 Å². The van der Waals surface area contributed by atoms with E-state index in [1.807, 2.05) is 12.1 Å². The minimum Gasteiger partial charge on any atom is -0.465 e. The number of nitrogens with two attached hydrogens (primary N) is 1. The van der Waals surface area contributed by atoms with Gasteiger partial charge in [0.15, 0.2) is 0 Å². The lowest BCUT2D eigenvalue weighted by Crippen LogP contribution is -2.44. The van der Waals surface area contributed by atoms with Crippen molar-refractivity contribution in [1.29, 1.82) is 0 Å². The van der Waals surface area contributed by atoms with Crippen LogP contribution in [0, 0.1) is 0 Å². The molecule has 1 spiro atoms. The summed E-state index contributed by atoms with van der Waals surface area (Å²) in [7, 11) is 1.47. The van der Waals surface area contributed by atoms with Gasteiger partial charge in [-0.1, -0.05) is 23.2 Å². The zero-order chi connectivity index (χ0) is 17.8. The molecule has 0 radical (unpaired) electrons. The molecule has 4 rings (SSSR count). The van der Waals surface area contributed by atoms with Crippen molar-refractivity contribution in [3.63, 3.8) is 0 Å². The molecule has 0 bridgehead atoms. The number of aromatic nitrogens is 3. The molecule has 1 amide bonds. The van der Waals surface area contributed by atoms with Gasteiger partial charge in [-0.3, -0.25) is 0 Å². The van der Waals surface area contributed by atoms with Crippen LogP contribution in [0.2, 0.25) is 5.02 Å². The molecule has 1 aromatic heterocycles. The largest absolute Gasteiger partial charge is 0.465 e. The van der Waals surface area contributed by atoms with Crippen molar-refractivity contribution >= 4 is 29.2 Å². The highest BCUT2D eigenvalue weighted by molar-refractivity contribution is 6.32. The van der Waals surface area contributed by atoms with Crippen molar-refractivity contribution in [3.05, 3.63) is 34.6 Å².